The van der Waals surface area contributed by atoms with Crippen LogP contribution in [0.5, 0.6) is 5.75 Å². The Morgan fingerprint density at radius 2 is 1.85 bits per heavy atom. The number of ether oxygens (including phenoxy) is 1. The number of carbonyl (C=O) groups excluding carboxylic acids is 1. The molecule has 3 aromatic rings. The fourth-order valence-corrected chi connectivity index (χ4v) is 2.56. The molecule has 2 aromatic carbocycles. The molecule has 0 bridgehead atoms. The normalized spacial score (nSPS) is 11.8. The Bertz CT molecular complexity index is 844. The fourth-order valence-electron chi connectivity index (χ4n) is 2.56. The van der Waals surface area contributed by atoms with E-state index in [9.17, 15) is 4.79 Å². The summed E-state index contributed by atoms with van der Waals surface area (Å²) in [7, 11) is 1.61. The maximum Gasteiger partial charge on any atom is 0.247 e. The van der Waals surface area contributed by atoms with Crippen LogP contribution in [0.2, 0.25) is 0 Å². The van der Waals surface area contributed by atoms with Crippen molar-refractivity contribution in [3.63, 3.8) is 0 Å². The first-order valence-corrected chi connectivity index (χ1v) is 8.47. The van der Waals surface area contributed by atoms with Crippen molar-refractivity contribution in [2.45, 2.75) is 25.8 Å². The van der Waals surface area contributed by atoms with Gasteiger partial charge in [0.15, 0.2) is 0 Å². The maximum absolute atomic E-state index is 12.1. The second-order valence-electron chi connectivity index (χ2n) is 5.93. The lowest BCUT2D eigenvalue weighted by Gasteiger charge is -2.13. The molecule has 0 radical (unpaired) electrons. The van der Waals surface area contributed by atoms with Crippen molar-refractivity contribution in [3.8, 4) is 17.2 Å². The Labute approximate surface area is 152 Å². The standard InChI is InChI=1S/C20H21N3O3/c1-14(15-6-4-3-5-7-15)21-18(24)12-13-19-22-23-20(26-19)16-8-10-17(25-2)11-9-16/h3-11,14H,12-13H2,1-2H3,(H,21,24). The molecule has 1 heterocycles. The minimum atomic E-state index is -0.0504. The monoisotopic (exact) mass is 351 g/mol. The Morgan fingerprint density at radius 1 is 1.12 bits per heavy atom. The van der Waals surface area contributed by atoms with Crippen LogP contribution < -0.4 is 10.1 Å². The van der Waals surface area contributed by atoms with Crippen molar-refractivity contribution in [2.75, 3.05) is 7.11 Å². The Morgan fingerprint density at radius 3 is 2.54 bits per heavy atom. The van der Waals surface area contributed by atoms with Gasteiger partial charge in [-0.05, 0) is 36.8 Å². The van der Waals surface area contributed by atoms with Crippen LogP contribution in [-0.2, 0) is 11.2 Å². The molecule has 6 nitrogen and oxygen atoms in total. The molecule has 6 heteroatoms. The van der Waals surface area contributed by atoms with Gasteiger partial charge in [0.2, 0.25) is 17.7 Å². The average molecular weight is 351 g/mol. The number of aromatic nitrogens is 2. The summed E-state index contributed by atoms with van der Waals surface area (Å²) in [6.45, 7) is 1.96. The van der Waals surface area contributed by atoms with Crippen molar-refractivity contribution in [2.24, 2.45) is 0 Å². The number of nitrogens with zero attached hydrogens (tertiary/aromatic N) is 2. The number of rotatable bonds is 7. The van der Waals surface area contributed by atoms with Gasteiger partial charge in [-0.3, -0.25) is 4.79 Å². The first-order chi connectivity index (χ1) is 12.7. The molecule has 1 atom stereocenters. The summed E-state index contributed by atoms with van der Waals surface area (Å²) >= 11 is 0. The Hall–Kier alpha value is -3.15. The maximum atomic E-state index is 12.1. The van der Waals surface area contributed by atoms with Gasteiger partial charge in [-0.25, -0.2) is 0 Å². The van der Waals surface area contributed by atoms with Crippen LogP contribution >= 0.6 is 0 Å². The lowest BCUT2D eigenvalue weighted by molar-refractivity contribution is -0.121. The SMILES string of the molecule is COc1ccc(-c2nnc(CCC(=O)NC(C)c3ccccc3)o2)cc1. The molecule has 26 heavy (non-hydrogen) atoms. The molecule has 1 aromatic heterocycles. The third kappa shape index (κ3) is 4.47. The molecule has 0 spiro atoms. The molecule has 0 saturated carbocycles. The second-order valence-corrected chi connectivity index (χ2v) is 5.93. The van der Waals surface area contributed by atoms with E-state index in [-0.39, 0.29) is 11.9 Å². The number of nitrogens with one attached hydrogen (secondary N) is 1. The van der Waals surface area contributed by atoms with Gasteiger partial charge in [0.1, 0.15) is 5.75 Å². The zero-order chi connectivity index (χ0) is 18.4. The van der Waals surface area contributed by atoms with Crippen LogP contribution in [0.25, 0.3) is 11.5 Å². The van der Waals surface area contributed by atoms with Gasteiger partial charge in [-0.1, -0.05) is 30.3 Å². The Balaban J connectivity index is 1.53. The summed E-state index contributed by atoms with van der Waals surface area (Å²) in [5, 5.41) is 11.0. The molecule has 1 N–H and O–H groups in total. The van der Waals surface area contributed by atoms with Gasteiger partial charge >= 0.3 is 0 Å². The third-order valence-electron chi connectivity index (χ3n) is 4.05. The molecule has 3 rings (SSSR count). The van der Waals surface area contributed by atoms with Crippen LogP contribution in [-0.4, -0.2) is 23.2 Å². The van der Waals surface area contributed by atoms with E-state index < -0.39 is 0 Å². The van der Waals surface area contributed by atoms with Crippen molar-refractivity contribution in [1.82, 2.24) is 15.5 Å². The highest BCUT2D eigenvalue weighted by Gasteiger charge is 2.13. The minimum Gasteiger partial charge on any atom is -0.497 e. The second kappa shape index (κ2) is 8.29. The highest BCUT2D eigenvalue weighted by molar-refractivity contribution is 5.76. The summed E-state index contributed by atoms with van der Waals surface area (Å²) in [5.74, 6) is 1.59. The van der Waals surface area contributed by atoms with E-state index in [4.69, 9.17) is 9.15 Å². The lowest BCUT2D eigenvalue weighted by atomic mass is 10.1. The molecule has 0 aliphatic heterocycles. The van der Waals surface area contributed by atoms with Gasteiger partial charge in [0, 0.05) is 18.4 Å². The molecule has 0 saturated heterocycles. The first-order valence-electron chi connectivity index (χ1n) is 8.47. The van der Waals surface area contributed by atoms with Crippen LogP contribution in [0.1, 0.15) is 30.8 Å². The summed E-state index contributed by atoms with van der Waals surface area (Å²) in [4.78, 5) is 12.1. The number of hydrogen-bond donors (Lipinski definition) is 1. The number of carbonyl (C=O) groups is 1. The minimum absolute atomic E-state index is 0.0405. The molecular weight excluding hydrogens is 330 g/mol. The predicted molar refractivity (Wildman–Crippen MR) is 97.6 cm³/mol. The zero-order valence-electron chi connectivity index (χ0n) is 14.8. The van der Waals surface area contributed by atoms with Crippen molar-refractivity contribution < 1.29 is 13.9 Å². The van der Waals surface area contributed by atoms with E-state index in [1.165, 1.54) is 0 Å². The van der Waals surface area contributed by atoms with E-state index in [0.717, 1.165) is 16.9 Å². The summed E-state index contributed by atoms with van der Waals surface area (Å²) in [6, 6.07) is 17.2. The Kier molecular flexibility index (Phi) is 5.63. The fraction of sp³-hybridized carbons (Fsp3) is 0.250. The molecular formula is C20H21N3O3. The molecule has 0 fully saturated rings. The quantitative estimate of drug-likeness (QED) is 0.704. The van der Waals surface area contributed by atoms with Crippen LogP contribution in [0.15, 0.2) is 59.0 Å². The molecule has 1 amide bonds. The number of amides is 1. The predicted octanol–water partition coefficient (Wildman–Crippen LogP) is 3.56. The number of hydrogen-bond acceptors (Lipinski definition) is 5. The van der Waals surface area contributed by atoms with E-state index in [1.807, 2.05) is 61.5 Å². The van der Waals surface area contributed by atoms with Gasteiger partial charge in [0.05, 0.1) is 13.2 Å². The highest BCUT2D eigenvalue weighted by atomic mass is 16.5. The van der Waals surface area contributed by atoms with Crippen LogP contribution in [0.4, 0.5) is 0 Å². The number of methoxy groups -OCH3 is 1. The topological polar surface area (TPSA) is 77.2 Å². The van der Waals surface area contributed by atoms with Crippen molar-refractivity contribution >= 4 is 5.91 Å². The van der Waals surface area contributed by atoms with Gasteiger partial charge < -0.3 is 14.5 Å². The van der Waals surface area contributed by atoms with Gasteiger partial charge in [0.25, 0.3) is 0 Å². The summed E-state index contributed by atoms with van der Waals surface area (Å²) < 4.78 is 10.8. The number of benzene rings is 2. The third-order valence-corrected chi connectivity index (χ3v) is 4.05. The summed E-state index contributed by atoms with van der Waals surface area (Å²) in [6.07, 6.45) is 0.692. The molecule has 0 aliphatic rings. The highest BCUT2D eigenvalue weighted by Crippen LogP contribution is 2.21. The summed E-state index contributed by atoms with van der Waals surface area (Å²) in [5.41, 5.74) is 1.88. The van der Waals surface area contributed by atoms with E-state index in [2.05, 4.69) is 15.5 Å². The van der Waals surface area contributed by atoms with E-state index >= 15 is 0 Å². The van der Waals surface area contributed by atoms with Gasteiger partial charge in [-0.15, -0.1) is 10.2 Å². The largest absolute Gasteiger partial charge is 0.497 e. The molecule has 1 unspecified atom stereocenters. The average Bonchev–Trinajstić information content (AvgIpc) is 3.16. The smallest absolute Gasteiger partial charge is 0.247 e. The van der Waals surface area contributed by atoms with Crippen LogP contribution in [0.3, 0.4) is 0 Å². The van der Waals surface area contributed by atoms with Crippen molar-refractivity contribution in [1.29, 1.82) is 0 Å². The van der Waals surface area contributed by atoms with E-state index in [0.29, 0.717) is 24.6 Å². The number of aryl methyl sites for hydroxylation is 1. The van der Waals surface area contributed by atoms with E-state index in [1.54, 1.807) is 7.11 Å². The molecule has 0 aliphatic carbocycles. The zero-order valence-corrected chi connectivity index (χ0v) is 14.8. The first kappa shape index (κ1) is 17.7. The van der Waals surface area contributed by atoms with Gasteiger partial charge in [-0.2, -0.15) is 0 Å². The molecule has 134 valence electrons. The lowest BCUT2D eigenvalue weighted by Crippen LogP contribution is -2.26. The van der Waals surface area contributed by atoms with Crippen molar-refractivity contribution in [3.05, 3.63) is 66.1 Å². The van der Waals surface area contributed by atoms with Crippen LogP contribution in [0, 0.1) is 0 Å².